The second-order valence-electron chi connectivity index (χ2n) is 8.05. The first-order valence-electron chi connectivity index (χ1n) is 9.69. The van der Waals surface area contributed by atoms with E-state index in [2.05, 4.69) is 0 Å². The number of benzene rings is 1. The van der Waals surface area contributed by atoms with Crippen LogP contribution in [-0.2, 0) is 10.7 Å². The molecule has 36 heavy (non-hydrogen) atoms. The van der Waals surface area contributed by atoms with Crippen LogP contribution in [0.1, 0.15) is 25.0 Å². The van der Waals surface area contributed by atoms with Crippen LogP contribution in [0, 0.1) is 0 Å². The molecule has 1 amide bonds. The van der Waals surface area contributed by atoms with E-state index in [0.717, 1.165) is 26.1 Å². The van der Waals surface area contributed by atoms with E-state index in [0.29, 0.717) is 16.7 Å². The predicted octanol–water partition coefficient (Wildman–Crippen LogP) is 5.20. The van der Waals surface area contributed by atoms with E-state index in [1.165, 1.54) is 17.4 Å². The second kappa shape index (κ2) is 8.27. The highest BCUT2D eigenvalue weighted by Gasteiger charge is 2.64. The number of aromatic nitrogens is 1. The number of rotatable bonds is 4. The zero-order valence-electron chi connectivity index (χ0n) is 18.0. The Morgan fingerprint density at radius 1 is 0.917 bits per heavy atom. The Morgan fingerprint density at radius 3 is 2.06 bits per heavy atom. The highest BCUT2D eigenvalue weighted by Crippen LogP contribution is 2.48. The smallest absolute Gasteiger partial charge is 0.463 e. The van der Waals surface area contributed by atoms with Gasteiger partial charge in [-0.1, -0.05) is 6.07 Å². The Balaban J connectivity index is 2.36. The lowest BCUT2D eigenvalue weighted by Crippen LogP contribution is -2.54. The van der Waals surface area contributed by atoms with Gasteiger partial charge in [-0.15, -0.1) is 0 Å². The van der Waals surface area contributed by atoms with Crippen LogP contribution in [0.5, 0.6) is 5.75 Å². The average molecular weight is 532 g/mol. The van der Waals surface area contributed by atoms with Crippen molar-refractivity contribution in [2.45, 2.75) is 43.6 Å². The number of nitrogens with one attached hydrogen (secondary N) is 1. The number of ether oxygens (including phenoxy) is 1. The van der Waals surface area contributed by atoms with Crippen molar-refractivity contribution < 1.29 is 53.4 Å². The number of hydrogen-bond acceptors (Lipinski definition) is 3. The third kappa shape index (κ3) is 4.41. The van der Waals surface area contributed by atoms with Crippen LogP contribution in [0.15, 0.2) is 53.1 Å². The third-order valence-electron chi connectivity index (χ3n) is 5.10. The molecule has 0 unspecified atom stereocenters. The van der Waals surface area contributed by atoms with Crippen LogP contribution in [0.3, 0.4) is 0 Å². The number of hydrogen-bond donors (Lipinski definition) is 1. The normalized spacial score (nSPS) is 16.3. The summed E-state index contributed by atoms with van der Waals surface area (Å²) in [6.07, 6.45) is -11.5. The Morgan fingerprint density at radius 2 is 1.53 bits per heavy atom. The zero-order valence-corrected chi connectivity index (χ0v) is 18.0. The lowest BCUT2D eigenvalue weighted by atomic mass is 9.92. The molecule has 2 heterocycles. The first kappa shape index (κ1) is 27.1. The van der Waals surface area contributed by atoms with Crippen LogP contribution in [0.2, 0.25) is 0 Å². The number of carbonyl (C=O) groups excluding carboxylic acids is 1. The molecular formula is C21H14F10N2O3. The summed E-state index contributed by atoms with van der Waals surface area (Å²) in [7, 11) is 0. The van der Waals surface area contributed by atoms with Crippen LogP contribution >= 0.6 is 0 Å². The number of alkyl halides is 10. The summed E-state index contributed by atoms with van der Waals surface area (Å²) >= 11 is 0. The first-order chi connectivity index (χ1) is 16.2. The lowest BCUT2D eigenvalue weighted by molar-refractivity contribution is -0.289. The highest BCUT2D eigenvalue weighted by molar-refractivity contribution is 5.89. The van der Waals surface area contributed by atoms with Crippen molar-refractivity contribution >= 4 is 11.6 Å². The lowest BCUT2D eigenvalue weighted by Gasteiger charge is -2.38. The molecule has 15 heteroatoms. The molecule has 3 rings (SSSR count). The fourth-order valence-electron chi connectivity index (χ4n) is 3.30. The van der Waals surface area contributed by atoms with Crippen molar-refractivity contribution in [3.8, 4) is 5.75 Å². The van der Waals surface area contributed by atoms with Crippen molar-refractivity contribution in [3.63, 3.8) is 0 Å². The van der Waals surface area contributed by atoms with Gasteiger partial charge in [-0.3, -0.25) is 14.2 Å². The van der Waals surface area contributed by atoms with Crippen LogP contribution in [0.4, 0.5) is 43.9 Å². The van der Waals surface area contributed by atoms with Gasteiger partial charge in [0.2, 0.25) is 0 Å². The summed E-state index contributed by atoms with van der Waals surface area (Å²) in [6, 6.07) is 4.54. The summed E-state index contributed by atoms with van der Waals surface area (Å²) in [5.74, 6) is -14.7. The van der Waals surface area contributed by atoms with Crippen molar-refractivity contribution in [3.05, 3.63) is 69.8 Å². The molecule has 0 fully saturated rings. The fraction of sp³-hybridized carbons (Fsp3) is 0.333. The van der Waals surface area contributed by atoms with Crippen LogP contribution in [0.25, 0.3) is 5.70 Å². The molecule has 0 radical (unpaired) electrons. The fourth-order valence-corrected chi connectivity index (χ4v) is 3.30. The van der Waals surface area contributed by atoms with Gasteiger partial charge < -0.3 is 10.1 Å². The predicted molar refractivity (Wildman–Crippen MR) is 103 cm³/mol. The average Bonchev–Trinajstić information content (AvgIpc) is 2.72. The van der Waals surface area contributed by atoms with Crippen molar-refractivity contribution in [1.29, 1.82) is 0 Å². The van der Waals surface area contributed by atoms with E-state index in [1.54, 1.807) is 0 Å². The summed E-state index contributed by atoms with van der Waals surface area (Å²) in [4.78, 5) is 24.5. The highest BCUT2D eigenvalue weighted by atomic mass is 19.4. The van der Waals surface area contributed by atoms with E-state index < -0.39 is 69.5 Å². The molecule has 2 aromatic rings. The summed E-state index contributed by atoms with van der Waals surface area (Å²) in [6.45, 7) is 2.15. The Kier molecular flexibility index (Phi) is 6.22. The summed E-state index contributed by atoms with van der Waals surface area (Å²) < 4.78 is 139. The van der Waals surface area contributed by atoms with Gasteiger partial charge in [0.1, 0.15) is 11.4 Å². The molecule has 1 aromatic heterocycles. The Labute approximate surface area is 195 Å². The summed E-state index contributed by atoms with van der Waals surface area (Å²) in [5, 5.41) is 1.34. The number of pyridine rings is 1. The molecule has 0 bridgehead atoms. The van der Waals surface area contributed by atoms with Crippen molar-refractivity contribution in [1.82, 2.24) is 9.88 Å². The van der Waals surface area contributed by atoms with Gasteiger partial charge in [0, 0.05) is 23.4 Å². The molecular weight excluding hydrogens is 518 g/mol. The minimum atomic E-state index is -6.33. The topological polar surface area (TPSA) is 60.3 Å². The number of carbonyl (C=O) groups is 1. The van der Waals surface area contributed by atoms with E-state index >= 15 is 0 Å². The molecule has 1 aliphatic rings. The van der Waals surface area contributed by atoms with Gasteiger partial charge in [-0.2, -0.15) is 43.9 Å². The Bertz CT molecular complexity index is 1290. The maximum atomic E-state index is 14.0. The van der Waals surface area contributed by atoms with E-state index in [1.807, 2.05) is 0 Å². The molecule has 1 aliphatic heterocycles. The maximum absolute atomic E-state index is 14.0. The van der Waals surface area contributed by atoms with Crippen LogP contribution < -0.4 is 15.6 Å². The van der Waals surface area contributed by atoms with Gasteiger partial charge in [0.05, 0.1) is 11.4 Å². The Hall–Kier alpha value is -3.52. The van der Waals surface area contributed by atoms with E-state index in [-0.39, 0.29) is 6.07 Å². The molecule has 0 atom stereocenters. The second-order valence-corrected chi connectivity index (χ2v) is 8.05. The molecule has 1 aromatic carbocycles. The summed E-state index contributed by atoms with van der Waals surface area (Å²) in [5.41, 5.74) is -7.01. The van der Waals surface area contributed by atoms with Gasteiger partial charge >= 0.3 is 30.1 Å². The molecule has 0 saturated heterocycles. The van der Waals surface area contributed by atoms with Gasteiger partial charge in [-0.25, -0.2) is 0 Å². The number of fused-ring (bicyclic) bond motifs is 1. The first-order valence-corrected chi connectivity index (χ1v) is 9.69. The van der Waals surface area contributed by atoms with Crippen molar-refractivity contribution in [2.75, 3.05) is 0 Å². The number of halogens is 10. The van der Waals surface area contributed by atoms with Crippen molar-refractivity contribution in [2.24, 2.45) is 0 Å². The SMILES string of the molecule is CC1(C)Oc2ccc(C(F)(F)C(F)(F)F)cc2C(n2ccccc2=O)=C1NC(=O)C(F)(F)C(F)(F)F. The minimum Gasteiger partial charge on any atom is -0.481 e. The van der Waals surface area contributed by atoms with E-state index in [9.17, 15) is 53.5 Å². The van der Waals surface area contributed by atoms with Gasteiger partial charge in [-0.05, 0) is 38.1 Å². The molecule has 0 spiro atoms. The molecule has 0 aliphatic carbocycles. The largest absolute Gasteiger partial charge is 0.481 e. The quantitative estimate of drug-likeness (QED) is 0.551. The maximum Gasteiger partial charge on any atom is 0.463 e. The standard InChI is InChI=1S/C21H14F10N2O3/c1-17(2)15(32-16(35)19(24,25)21(29,30)31)14(33-8-4-3-5-13(33)34)11-9-10(6-7-12(11)36-17)18(22,23)20(26,27)28/h3-9H,1-2H3,(H,32,35). The third-order valence-corrected chi connectivity index (χ3v) is 5.10. The molecule has 5 nitrogen and oxygen atoms in total. The van der Waals surface area contributed by atoms with Crippen LogP contribution in [-0.4, -0.2) is 34.4 Å². The molecule has 1 N–H and O–H groups in total. The van der Waals surface area contributed by atoms with E-state index in [4.69, 9.17) is 4.74 Å². The number of nitrogens with zero attached hydrogens (tertiary/aromatic N) is 1. The minimum absolute atomic E-state index is 0.237. The number of amides is 1. The molecule has 0 saturated carbocycles. The van der Waals surface area contributed by atoms with Gasteiger partial charge in [0.25, 0.3) is 5.56 Å². The zero-order chi connectivity index (χ0) is 27.5. The monoisotopic (exact) mass is 532 g/mol. The van der Waals surface area contributed by atoms with Gasteiger partial charge in [0.15, 0.2) is 0 Å². The molecule has 196 valence electrons.